The number of anilines is 2. The molecule has 2 atom stereocenters. The van der Waals surface area contributed by atoms with Crippen LogP contribution in [-0.2, 0) is 12.0 Å². The molecular formula is C31H33N2O+. The van der Waals surface area contributed by atoms with Crippen molar-refractivity contribution < 1.29 is 9.68 Å². The van der Waals surface area contributed by atoms with E-state index in [-0.39, 0.29) is 12.0 Å². The molecule has 3 aromatic carbocycles. The maximum atomic E-state index is 9.44. The van der Waals surface area contributed by atoms with Crippen LogP contribution in [0.15, 0.2) is 72.8 Å². The van der Waals surface area contributed by atoms with Crippen LogP contribution in [0.2, 0.25) is 0 Å². The van der Waals surface area contributed by atoms with Gasteiger partial charge in [0.15, 0.2) is 5.71 Å². The molecule has 1 fully saturated rings. The van der Waals surface area contributed by atoms with Crippen LogP contribution in [0, 0.1) is 0 Å². The molecule has 1 N–H and O–H groups in total. The highest BCUT2D eigenvalue weighted by Gasteiger charge is 2.43. The van der Waals surface area contributed by atoms with Crippen molar-refractivity contribution in [2.75, 3.05) is 11.9 Å². The van der Waals surface area contributed by atoms with Gasteiger partial charge in [-0.1, -0.05) is 42.8 Å². The Morgan fingerprint density at radius 1 is 1.00 bits per heavy atom. The van der Waals surface area contributed by atoms with Crippen LogP contribution >= 0.6 is 0 Å². The van der Waals surface area contributed by atoms with Crippen LogP contribution < -0.4 is 4.90 Å². The molecule has 2 heterocycles. The zero-order valence-electron chi connectivity index (χ0n) is 20.3. The summed E-state index contributed by atoms with van der Waals surface area (Å²) in [6.07, 6.45) is 8.39. The third-order valence-corrected chi connectivity index (χ3v) is 8.29. The summed E-state index contributed by atoms with van der Waals surface area (Å²) in [7, 11) is 2.18. The summed E-state index contributed by atoms with van der Waals surface area (Å²) >= 11 is 0. The Balaban J connectivity index is 1.34. The van der Waals surface area contributed by atoms with Crippen molar-refractivity contribution >= 4 is 28.8 Å². The second kappa shape index (κ2) is 7.95. The van der Waals surface area contributed by atoms with E-state index in [1.807, 2.05) is 12.1 Å². The van der Waals surface area contributed by atoms with Crippen molar-refractivity contribution in [1.29, 1.82) is 0 Å². The largest absolute Gasteiger partial charge is 0.392 e. The molecule has 0 spiro atoms. The fraction of sp³-hybridized carbons (Fsp3) is 0.323. The summed E-state index contributed by atoms with van der Waals surface area (Å²) in [6, 6.07) is 24.7. The van der Waals surface area contributed by atoms with Crippen molar-refractivity contribution in [2.24, 2.45) is 0 Å². The van der Waals surface area contributed by atoms with Gasteiger partial charge < -0.3 is 10.0 Å². The first-order valence-electron chi connectivity index (χ1n) is 12.5. The highest BCUT2D eigenvalue weighted by atomic mass is 16.3. The molecule has 0 aromatic heterocycles. The number of aliphatic hydroxyl groups is 1. The molecule has 34 heavy (non-hydrogen) atoms. The Bertz CT molecular complexity index is 1320. The number of hydrogen-bond donors (Lipinski definition) is 1. The molecule has 172 valence electrons. The summed E-state index contributed by atoms with van der Waals surface area (Å²) in [4.78, 5) is 2.54. The number of fused-ring (bicyclic) bond motifs is 4. The second-order valence-corrected chi connectivity index (χ2v) is 10.5. The minimum absolute atomic E-state index is 0.00729. The van der Waals surface area contributed by atoms with E-state index in [1.165, 1.54) is 58.7 Å². The van der Waals surface area contributed by atoms with E-state index in [2.05, 4.69) is 97.1 Å². The van der Waals surface area contributed by atoms with Crippen molar-refractivity contribution in [3.8, 4) is 0 Å². The van der Waals surface area contributed by atoms with E-state index in [0.29, 0.717) is 12.0 Å². The van der Waals surface area contributed by atoms with Crippen molar-refractivity contribution in [2.45, 2.75) is 57.1 Å². The Morgan fingerprint density at radius 3 is 2.56 bits per heavy atom. The van der Waals surface area contributed by atoms with Crippen LogP contribution in [-0.4, -0.2) is 28.5 Å². The maximum Gasteiger partial charge on any atom is 0.209 e. The molecule has 3 nitrogen and oxygen atoms in total. The lowest BCUT2D eigenvalue weighted by molar-refractivity contribution is -0.401. The minimum atomic E-state index is -0.00729. The number of hydrogen-bond acceptors (Lipinski definition) is 2. The van der Waals surface area contributed by atoms with Crippen LogP contribution in [0.25, 0.3) is 6.08 Å². The lowest BCUT2D eigenvalue weighted by Gasteiger charge is -2.27. The van der Waals surface area contributed by atoms with Gasteiger partial charge in [0.1, 0.15) is 7.05 Å². The molecule has 0 bridgehead atoms. The number of benzene rings is 3. The van der Waals surface area contributed by atoms with Gasteiger partial charge in [0.2, 0.25) is 5.69 Å². The number of rotatable bonds is 4. The van der Waals surface area contributed by atoms with Crippen LogP contribution in [0.1, 0.15) is 61.3 Å². The summed E-state index contributed by atoms with van der Waals surface area (Å²) in [6.45, 7) is 4.73. The molecule has 0 saturated heterocycles. The van der Waals surface area contributed by atoms with Gasteiger partial charge in [-0.05, 0) is 73.7 Å². The zero-order chi connectivity index (χ0) is 23.4. The van der Waals surface area contributed by atoms with E-state index in [0.717, 1.165) is 5.56 Å². The van der Waals surface area contributed by atoms with Gasteiger partial charge in [-0.25, -0.2) is 0 Å². The topological polar surface area (TPSA) is 26.5 Å². The van der Waals surface area contributed by atoms with E-state index >= 15 is 0 Å². The van der Waals surface area contributed by atoms with E-state index in [9.17, 15) is 5.11 Å². The minimum Gasteiger partial charge on any atom is -0.392 e. The molecule has 2 unspecified atom stereocenters. The SMILES string of the molecule is C[N+]1=C(/C=C/c2ccc3c(c2)C2CCCC2N3c2ccc(CO)cc2)C(C)(C)c2ccccc21. The first-order chi connectivity index (χ1) is 16.5. The third-order valence-electron chi connectivity index (χ3n) is 8.29. The molecule has 3 heteroatoms. The number of nitrogens with zero attached hydrogens (tertiary/aromatic N) is 2. The van der Waals surface area contributed by atoms with Crippen molar-refractivity contribution in [1.82, 2.24) is 0 Å². The highest BCUT2D eigenvalue weighted by Crippen LogP contribution is 2.52. The Morgan fingerprint density at radius 2 is 1.79 bits per heavy atom. The first-order valence-corrected chi connectivity index (χ1v) is 12.5. The summed E-state index contributed by atoms with van der Waals surface area (Å²) in [5.41, 5.74) is 10.3. The van der Waals surface area contributed by atoms with Gasteiger partial charge in [-0.15, -0.1) is 0 Å². The van der Waals surface area contributed by atoms with Crippen LogP contribution in [0.5, 0.6) is 0 Å². The standard InChI is InChI=1S/C31H33N2O/c1-31(2)26-8-4-5-9-29(26)32(3)30(31)18-14-21-13-17-28-25(19-21)24-7-6-10-27(24)33(28)23-15-11-22(20-34)12-16-23/h4-5,8-9,11-19,24,27,34H,6-7,10,20H2,1-3H3/q+1. The molecule has 0 radical (unpaired) electrons. The first kappa shape index (κ1) is 21.4. The van der Waals surface area contributed by atoms with E-state index < -0.39 is 0 Å². The van der Waals surface area contributed by atoms with Crippen molar-refractivity contribution in [3.05, 3.63) is 95.1 Å². The van der Waals surface area contributed by atoms with E-state index in [4.69, 9.17) is 0 Å². The van der Waals surface area contributed by atoms with Crippen molar-refractivity contribution in [3.63, 3.8) is 0 Å². The molecule has 6 rings (SSSR count). The predicted molar refractivity (Wildman–Crippen MR) is 141 cm³/mol. The number of allylic oxidation sites excluding steroid dienone is 1. The monoisotopic (exact) mass is 449 g/mol. The Hall–Kier alpha value is -3.17. The van der Waals surface area contributed by atoms with Gasteiger partial charge in [0, 0.05) is 41.0 Å². The number of para-hydroxylation sites is 1. The highest BCUT2D eigenvalue weighted by molar-refractivity contribution is 6.05. The molecule has 1 saturated carbocycles. The van der Waals surface area contributed by atoms with Gasteiger partial charge in [-0.3, -0.25) is 0 Å². The lowest BCUT2D eigenvalue weighted by Crippen LogP contribution is -2.26. The summed E-state index contributed by atoms with van der Waals surface area (Å²) in [5.74, 6) is 0.600. The number of aliphatic hydroxyl groups excluding tert-OH is 1. The molecular weight excluding hydrogens is 416 g/mol. The Labute approximate surface area is 202 Å². The smallest absolute Gasteiger partial charge is 0.209 e. The maximum absolute atomic E-state index is 9.44. The van der Waals surface area contributed by atoms with Gasteiger partial charge in [0.05, 0.1) is 12.0 Å². The fourth-order valence-electron chi connectivity index (χ4n) is 6.55. The molecule has 3 aliphatic rings. The molecule has 1 aliphatic carbocycles. The van der Waals surface area contributed by atoms with Gasteiger partial charge in [0.25, 0.3) is 0 Å². The summed E-state index contributed by atoms with van der Waals surface area (Å²) in [5, 5.41) is 9.44. The second-order valence-electron chi connectivity index (χ2n) is 10.5. The van der Waals surface area contributed by atoms with Gasteiger partial charge in [-0.2, -0.15) is 4.58 Å². The summed E-state index contributed by atoms with van der Waals surface area (Å²) < 4.78 is 2.34. The molecule has 3 aromatic rings. The fourth-order valence-corrected chi connectivity index (χ4v) is 6.55. The molecule has 2 aliphatic heterocycles. The van der Waals surface area contributed by atoms with E-state index in [1.54, 1.807) is 0 Å². The lowest BCUT2D eigenvalue weighted by atomic mass is 9.81. The van der Waals surface area contributed by atoms with Crippen LogP contribution in [0.4, 0.5) is 17.1 Å². The normalized spacial score (nSPS) is 22.4. The van der Waals surface area contributed by atoms with Gasteiger partial charge >= 0.3 is 0 Å². The third kappa shape index (κ3) is 3.18. The Kier molecular flexibility index (Phi) is 5.00. The predicted octanol–water partition coefficient (Wildman–Crippen LogP) is 6.69. The quantitative estimate of drug-likeness (QED) is 0.449. The average Bonchev–Trinajstić information content (AvgIpc) is 3.49. The van der Waals surface area contributed by atoms with Crippen LogP contribution in [0.3, 0.4) is 0 Å². The molecule has 0 amide bonds. The zero-order valence-corrected chi connectivity index (χ0v) is 20.3. The average molecular weight is 450 g/mol.